The van der Waals surface area contributed by atoms with Gasteiger partial charge >= 0.3 is 0 Å². The Balaban J connectivity index is 1.68. The molecule has 1 N–H and O–H groups in total. The first-order valence-electron chi connectivity index (χ1n) is 6.43. The Labute approximate surface area is 123 Å². The lowest BCUT2D eigenvalue weighted by molar-refractivity contribution is 0.00551. The number of para-hydroxylation sites is 1. The summed E-state index contributed by atoms with van der Waals surface area (Å²) in [5, 5.41) is 10.3. The minimum atomic E-state index is -0.685. The Hall–Kier alpha value is -1.55. The van der Waals surface area contributed by atoms with E-state index in [4.69, 9.17) is 21.1 Å². The predicted octanol–water partition coefficient (Wildman–Crippen LogP) is 3.30. The highest BCUT2D eigenvalue weighted by Crippen LogP contribution is 2.23. The van der Waals surface area contributed by atoms with Crippen LogP contribution in [0.5, 0.6) is 5.75 Å². The average Bonchev–Trinajstić information content (AvgIpc) is 2.47. The second-order valence-electron chi connectivity index (χ2n) is 4.40. The minimum Gasteiger partial charge on any atom is -0.489 e. The number of rotatable bonds is 7. The largest absolute Gasteiger partial charge is 0.489 e. The topological polar surface area (TPSA) is 38.7 Å². The van der Waals surface area contributed by atoms with Crippen molar-refractivity contribution >= 4 is 11.6 Å². The van der Waals surface area contributed by atoms with Crippen LogP contribution in [-0.2, 0) is 11.3 Å². The lowest BCUT2D eigenvalue weighted by Gasteiger charge is -2.13. The van der Waals surface area contributed by atoms with Gasteiger partial charge in [0.15, 0.2) is 0 Å². The molecule has 0 radical (unpaired) electrons. The highest BCUT2D eigenvalue weighted by molar-refractivity contribution is 6.32. The number of aliphatic hydroxyl groups is 1. The van der Waals surface area contributed by atoms with Crippen LogP contribution < -0.4 is 4.74 Å². The molecule has 0 heterocycles. The summed E-state index contributed by atoms with van der Waals surface area (Å²) in [6, 6.07) is 17.0. The zero-order valence-electron chi connectivity index (χ0n) is 11.0. The molecule has 0 aliphatic rings. The third-order valence-corrected chi connectivity index (χ3v) is 3.00. The van der Waals surface area contributed by atoms with E-state index >= 15 is 0 Å². The fraction of sp³-hybridized carbons (Fsp3) is 0.250. The third-order valence-electron chi connectivity index (χ3n) is 2.69. The van der Waals surface area contributed by atoms with Crippen molar-refractivity contribution in [1.29, 1.82) is 0 Å². The van der Waals surface area contributed by atoms with Gasteiger partial charge in [-0.2, -0.15) is 0 Å². The molecule has 106 valence electrons. The second kappa shape index (κ2) is 7.90. The van der Waals surface area contributed by atoms with E-state index in [0.29, 0.717) is 17.4 Å². The molecule has 0 saturated carbocycles. The van der Waals surface area contributed by atoms with Crippen LogP contribution in [0.25, 0.3) is 0 Å². The van der Waals surface area contributed by atoms with Gasteiger partial charge in [0.1, 0.15) is 18.5 Å². The summed E-state index contributed by atoms with van der Waals surface area (Å²) >= 11 is 5.95. The lowest BCUT2D eigenvalue weighted by atomic mass is 10.2. The summed E-state index contributed by atoms with van der Waals surface area (Å²) in [6.45, 7) is 0.849. The van der Waals surface area contributed by atoms with E-state index in [1.807, 2.05) is 42.5 Å². The van der Waals surface area contributed by atoms with Crippen molar-refractivity contribution in [2.45, 2.75) is 12.7 Å². The molecule has 20 heavy (non-hydrogen) atoms. The maximum absolute atomic E-state index is 9.79. The SMILES string of the molecule is OC(COCc1ccccc1)COc1ccccc1Cl. The van der Waals surface area contributed by atoms with Gasteiger partial charge in [0.05, 0.1) is 18.2 Å². The maximum atomic E-state index is 9.79. The van der Waals surface area contributed by atoms with Gasteiger partial charge in [0.25, 0.3) is 0 Å². The number of halogens is 1. The van der Waals surface area contributed by atoms with Crippen molar-refractivity contribution in [3.63, 3.8) is 0 Å². The van der Waals surface area contributed by atoms with E-state index in [1.54, 1.807) is 12.1 Å². The molecule has 3 nitrogen and oxygen atoms in total. The van der Waals surface area contributed by atoms with E-state index in [9.17, 15) is 5.11 Å². The summed E-state index contributed by atoms with van der Waals surface area (Å²) in [5.41, 5.74) is 1.08. The van der Waals surface area contributed by atoms with Gasteiger partial charge < -0.3 is 14.6 Å². The van der Waals surface area contributed by atoms with Crippen molar-refractivity contribution < 1.29 is 14.6 Å². The maximum Gasteiger partial charge on any atom is 0.138 e. The monoisotopic (exact) mass is 292 g/mol. The Morgan fingerprint density at radius 1 is 0.950 bits per heavy atom. The molecule has 2 rings (SSSR count). The molecule has 0 aliphatic heterocycles. The van der Waals surface area contributed by atoms with Crippen LogP contribution in [0.1, 0.15) is 5.56 Å². The number of benzene rings is 2. The van der Waals surface area contributed by atoms with Crippen molar-refractivity contribution in [2.24, 2.45) is 0 Å². The molecule has 0 aromatic heterocycles. The molecular weight excluding hydrogens is 276 g/mol. The van der Waals surface area contributed by atoms with Crippen LogP contribution in [0.2, 0.25) is 5.02 Å². The molecule has 0 bridgehead atoms. The number of aliphatic hydroxyl groups excluding tert-OH is 1. The predicted molar refractivity (Wildman–Crippen MR) is 79.1 cm³/mol. The first-order valence-corrected chi connectivity index (χ1v) is 6.80. The zero-order valence-corrected chi connectivity index (χ0v) is 11.8. The summed E-state index contributed by atoms with van der Waals surface area (Å²) in [4.78, 5) is 0. The van der Waals surface area contributed by atoms with Gasteiger partial charge in [-0.15, -0.1) is 0 Å². The molecule has 2 aromatic rings. The molecule has 0 spiro atoms. The van der Waals surface area contributed by atoms with Crippen LogP contribution >= 0.6 is 11.6 Å². The van der Waals surface area contributed by atoms with Gasteiger partial charge in [-0.1, -0.05) is 54.1 Å². The van der Waals surface area contributed by atoms with Gasteiger partial charge in [-0.25, -0.2) is 0 Å². The van der Waals surface area contributed by atoms with Crippen LogP contribution in [0.4, 0.5) is 0 Å². The van der Waals surface area contributed by atoms with Crippen LogP contribution in [0.15, 0.2) is 54.6 Å². The average molecular weight is 293 g/mol. The molecular formula is C16H17ClO3. The Kier molecular flexibility index (Phi) is 5.87. The Morgan fingerprint density at radius 2 is 1.65 bits per heavy atom. The molecule has 1 atom stereocenters. The summed E-state index contributed by atoms with van der Waals surface area (Å²) in [5.74, 6) is 0.566. The fourth-order valence-corrected chi connectivity index (χ4v) is 1.87. The van der Waals surface area contributed by atoms with Crippen molar-refractivity contribution in [3.8, 4) is 5.75 Å². The smallest absolute Gasteiger partial charge is 0.138 e. The fourth-order valence-electron chi connectivity index (χ4n) is 1.68. The van der Waals surface area contributed by atoms with Crippen molar-refractivity contribution in [3.05, 3.63) is 65.2 Å². The molecule has 0 aliphatic carbocycles. The van der Waals surface area contributed by atoms with Gasteiger partial charge in [-0.05, 0) is 17.7 Å². The second-order valence-corrected chi connectivity index (χ2v) is 4.80. The minimum absolute atomic E-state index is 0.151. The van der Waals surface area contributed by atoms with Gasteiger partial charge in [0, 0.05) is 0 Å². The normalized spacial score (nSPS) is 12.1. The molecule has 1 unspecified atom stereocenters. The van der Waals surface area contributed by atoms with Gasteiger partial charge in [-0.3, -0.25) is 0 Å². The van der Waals surface area contributed by atoms with Crippen LogP contribution in [-0.4, -0.2) is 24.4 Å². The Bertz CT molecular complexity index is 516. The van der Waals surface area contributed by atoms with Crippen molar-refractivity contribution in [2.75, 3.05) is 13.2 Å². The molecule has 0 fully saturated rings. The van der Waals surface area contributed by atoms with E-state index in [2.05, 4.69) is 0 Å². The van der Waals surface area contributed by atoms with Crippen LogP contribution in [0, 0.1) is 0 Å². The van der Waals surface area contributed by atoms with E-state index < -0.39 is 6.10 Å². The molecule has 0 amide bonds. The zero-order chi connectivity index (χ0) is 14.2. The highest BCUT2D eigenvalue weighted by Gasteiger charge is 2.07. The quantitative estimate of drug-likeness (QED) is 0.851. The highest BCUT2D eigenvalue weighted by atomic mass is 35.5. The standard InChI is InChI=1S/C16H17ClO3/c17-15-8-4-5-9-16(15)20-12-14(18)11-19-10-13-6-2-1-3-7-13/h1-9,14,18H,10-12H2. The molecule has 2 aromatic carbocycles. The van der Waals surface area contributed by atoms with Crippen molar-refractivity contribution in [1.82, 2.24) is 0 Å². The molecule has 0 saturated heterocycles. The summed E-state index contributed by atoms with van der Waals surface area (Å²) in [6.07, 6.45) is -0.685. The summed E-state index contributed by atoms with van der Waals surface area (Å²) < 4.78 is 10.9. The molecule has 4 heteroatoms. The Morgan fingerprint density at radius 3 is 2.40 bits per heavy atom. The van der Waals surface area contributed by atoms with E-state index in [1.165, 1.54) is 0 Å². The first-order chi connectivity index (χ1) is 9.75. The number of hydrogen-bond donors (Lipinski definition) is 1. The third kappa shape index (κ3) is 4.85. The summed E-state index contributed by atoms with van der Waals surface area (Å²) in [7, 11) is 0. The first kappa shape index (κ1) is 14.9. The van der Waals surface area contributed by atoms with Crippen LogP contribution in [0.3, 0.4) is 0 Å². The van der Waals surface area contributed by atoms with Gasteiger partial charge in [0.2, 0.25) is 0 Å². The lowest BCUT2D eigenvalue weighted by Crippen LogP contribution is -2.23. The van der Waals surface area contributed by atoms with E-state index in [0.717, 1.165) is 5.56 Å². The van der Waals surface area contributed by atoms with E-state index in [-0.39, 0.29) is 13.2 Å². The number of hydrogen-bond acceptors (Lipinski definition) is 3. The number of ether oxygens (including phenoxy) is 2.